The number of rotatable bonds is 6. The molecule has 2 aromatic rings. The molecule has 0 fully saturated rings. The van der Waals surface area contributed by atoms with Gasteiger partial charge in [0.1, 0.15) is 5.75 Å². The molecule has 3 rings (SSSR count). The first kappa shape index (κ1) is 22.1. The Kier molecular flexibility index (Phi) is 8.22. The van der Waals surface area contributed by atoms with Gasteiger partial charge >= 0.3 is 0 Å². The van der Waals surface area contributed by atoms with E-state index in [2.05, 4.69) is 28.5 Å². The van der Waals surface area contributed by atoms with Gasteiger partial charge < -0.3 is 25.3 Å². The SMILES string of the molecule is COc1cc(OC)c(OC)cc1CN=C(N)Nc1cccc2c1CCCC2.I. The van der Waals surface area contributed by atoms with Gasteiger partial charge in [0.2, 0.25) is 0 Å². The highest BCUT2D eigenvalue weighted by Gasteiger charge is 2.14. The number of aryl methyl sites for hydroxylation is 1. The van der Waals surface area contributed by atoms with E-state index in [4.69, 9.17) is 19.9 Å². The maximum Gasteiger partial charge on any atom is 0.193 e. The highest BCUT2D eigenvalue weighted by atomic mass is 127. The summed E-state index contributed by atoms with van der Waals surface area (Å²) in [6.07, 6.45) is 4.67. The van der Waals surface area contributed by atoms with Crippen LogP contribution in [0, 0.1) is 0 Å². The van der Waals surface area contributed by atoms with E-state index >= 15 is 0 Å². The Labute approximate surface area is 183 Å². The molecule has 1 aliphatic rings. The molecule has 0 saturated carbocycles. The molecular weight excluding hydrogens is 469 g/mol. The fraction of sp³-hybridized carbons (Fsp3) is 0.381. The number of ether oxygens (including phenoxy) is 3. The second-order valence-corrected chi connectivity index (χ2v) is 6.50. The first-order valence-electron chi connectivity index (χ1n) is 9.13. The molecule has 0 radical (unpaired) electrons. The van der Waals surface area contributed by atoms with Crippen LogP contribution < -0.4 is 25.3 Å². The summed E-state index contributed by atoms with van der Waals surface area (Å²) in [6, 6.07) is 9.97. The van der Waals surface area contributed by atoms with E-state index in [0.717, 1.165) is 24.1 Å². The number of benzene rings is 2. The van der Waals surface area contributed by atoms with E-state index in [0.29, 0.717) is 29.8 Å². The van der Waals surface area contributed by atoms with Crippen molar-refractivity contribution in [1.82, 2.24) is 0 Å². The molecule has 28 heavy (non-hydrogen) atoms. The third-order valence-electron chi connectivity index (χ3n) is 4.87. The first-order valence-corrected chi connectivity index (χ1v) is 9.13. The second kappa shape index (κ2) is 10.4. The number of guanidine groups is 1. The van der Waals surface area contributed by atoms with Crippen LogP contribution in [0.1, 0.15) is 29.5 Å². The van der Waals surface area contributed by atoms with Gasteiger partial charge in [-0.3, -0.25) is 0 Å². The maximum atomic E-state index is 6.15. The van der Waals surface area contributed by atoms with E-state index in [1.165, 1.54) is 24.0 Å². The molecule has 0 atom stereocenters. The van der Waals surface area contributed by atoms with Crippen LogP contribution in [0.5, 0.6) is 17.2 Å². The summed E-state index contributed by atoms with van der Waals surface area (Å²) in [5, 5.41) is 3.26. The summed E-state index contributed by atoms with van der Waals surface area (Å²) in [5.41, 5.74) is 10.8. The Morgan fingerprint density at radius 2 is 1.68 bits per heavy atom. The number of nitrogens with zero attached hydrogens (tertiary/aromatic N) is 1. The van der Waals surface area contributed by atoms with E-state index in [1.54, 1.807) is 27.4 Å². The van der Waals surface area contributed by atoms with Crippen LogP contribution in [0.4, 0.5) is 5.69 Å². The number of methoxy groups -OCH3 is 3. The molecule has 0 amide bonds. The highest BCUT2D eigenvalue weighted by molar-refractivity contribution is 14.0. The van der Waals surface area contributed by atoms with Gasteiger partial charge in [0.25, 0.3) is 0 Å². The monoisotopic (exact) mass is 497 g/mol. The van der Waals surface area contributed by atoms with Crippen LogP contribution in [0.25, 0.3) is 0 Å². The summed E-state index contributed by atoms with van der Waals surface area (Å²) < 4.78 is 16.1. The van der Waals surface area contributed by atoms with Gasteiger partial charge in [-0.2, -0.15) is 0 Å². The van der Waals surface area contributed by atoms with Crippen LogP contribution >= 0.6 is 24.0 Å². The number of halogens is 1. The van der Waals surface area contributed by atoms with Gasteiger partial charge in [-0.15, -0.1) is 24.0 Å². The lowest BCUT2D eigenvalue weighted by molar-refractivity contribution is 0.347. The quantitative estimate of drug-likeness (QED) is 0.357. The smallest absolute Gasteiger partial charge is 0.193 e. The zero-order chi connectivity index (χ0) is 19.2. The van der Waals surface area contributed by atoms with Crippen LogP contribution in [0.3, 0.4) is 0 Å². The molecule has 3 N–H and O–H groups in total. The van der Waals surface area contributed by atoms with Crippen LogP contribution in [-0.4, -0.2) is 27.3 Å². The van der Waals surface area contributed by atoms with Gasteiger partial charge in [0.15, 0.2) is 17.5 Å². The fourth-order valence-electron chi connectivity index (χ4n) is 3.46. The van der Waals surface area contributed by atoms with Crippen molar-refractivity contribution in [2.24, 2.45) is 10.7 Å². The van der Waals surface area contributed by atoms with Crippen molar-refractivity contribution in [3.63, 3.8) is 0 Å². The van der Waals surface area contributed by atoms with Crippen molar-refractivity contribution >= 4 is 35.6 Å². The summed E-state index contributed by atoms with van der Waals surface area (Å²) in [5.74, 6) is 2.31. The first-order chi connectivity index (χ1) is 13.2. The Hall–Kier alpha value is -2.16. The van der Waals surface area contributed by atoms with Crippen molar-refractivity contribution in [3.8, 4) is 17.2 Å². The average Bonchev–Trinajstić information content (AvgIpc) is 2.71. The Balaban J connectivity index is 0.00000280. The van der Waals surface area contributed by atoms with E-state index in [1.807, 2.05) is 6.07 Å². The summed E-state index contributed by atoms with van der Waals surface area (Å²) >= 11 is 0. The van der Waals surface area contributed by atoms with Gasteiger partial charge in [0.05, 0.1) is 27.9 Å². The van der Waals surface area contributed by atoms with Gasteiger partial charge in [-0.25, -0.2) is 4.99 Å². The van der Waals surface area contributed by atoms with Gasteiger partial charge in [-0.1, -0.05) is 12.1 Å². The Morgan fingerprint density at radius 1 is 1.00 bits per heavy atom. The molecule has 7 heteroatoms. The normalized spacial score (nSPS) is 13.2. The number of nitrogens with two attached hydrogens (primary N) is 1. The molecule has 2 aromatic carbocycles. The third kappa shape index (κ3) is 5.01. The summed E-state index contributed by atoms with van der Waals surface area (Å²) in [4.78, 5) is 4.49. The van der Waals surface area contributed by atoms with Crippen molar-refractivity contribution in [3.05, 3.63) is 47.0 Å². The average molecular weight is 497 g/mol. The molecule has 0 heterocycles. The lowest BCUT2D eigenvalue weighted by atomic mass is 9.90. The van der Waals surface area contributed by atoms with Crippen molar-refractivity contribution < 1.29 is 14.2 Å². The number of hydrogen-bond donors (Lipinski definition) is 2. The van der Waals surface area contributed by atoms with Gasteiger partial charge in [0, 0.05) is 17.3 Å². The molecule has 6 nitrogen and oxygen atoms in total. The fourth-order valence-corrected chi connectivity index (χ4v) is 3.46. The molecule has 0 saturated heterocycles. The minimum Gasteiger partial charge on any atom is -0.496 e. The molecule has 1 aliphatic carbocycles. The largest absolute Gasteiger partial charge is 0.496 e. The topological polar surface area (TPSA) is 78.1 Å². The molecule has 0 spiro atoms. The molecule has 0 bridgehead atoms. The lowest BCUT2D eigenvalue weighted by Gasteiger charge is -2.20. The van der Waals surface area contributed by atoms with Crippen molar-refractivity contribution in [2.45, 2.75) is 32.2 Å². The number of aliphatic imine (C=N–C) groups is 1. The zero-order valence-corrected chi connectivity index (χ0v) is 18.9. The minimum absolute atomic E-state index is 0. The number of nitrogens with one attached hydrogen (secondary N) is 1. The molecule has 0 aliphatic heterocycles. The maximum absolute atomic E-state index is 6.15. The summed E-state index contributed by atoms with van der Waals surface area (Å²) in [6.45, 7) is 0.372. The number of hydrogen-bond acceptors (Lipinski definition) is 4. The Morgan fingerprint density at radius 3 is 2.39 bits per heavy atom. The van der Waals surface area contributed by atoms with Crippen LogP contribution in [0.2, 0.25) is 0 Å². The van der Waals surface area contributed by atoms with Crippen LogP contribution in [0.15, 0.2) is 35.3 Å². The molecule has 152 valence electrons. The van der Waals surface area contributed by atoms with Gasteiger partial charge in [-0.05, 0) is 48.9 Å². The Bertz CT molecular complexity index is 840. The number of anilines is 1. The van der Waals surface area contributed by atoms with Crippen molar-refractivity contribution in [2.75, 3.05) is 26.6 Å². The zero-order valence-electron chi connectivity index (χ0n) is 16.6. The molecule has 0 aromatic heterocycles. The number of fused-ring (bicyclic) bond motifs is 1. The highest BCUT2D eigenvalue weighted by Crippen LogP contribution is 2.35. The molecular formula is C21H28IN3O3. The molecule has 0 unspecified atom stereocenters. The summed E-state index contributed by atoms with van der Waals surface area (Å²) in [7, 11) is 4.82. The predicted molar refractivity (Wildman–Crippen MR) is 124 cm³/mol. The van der Waals surface area contributed by atoms with E-state index in [9.17, 15) is 0 Å². The lowest BCUT2D eigenvalue weighted by Crippen LogP contribution is -2.24. The van der Waals surface area contributed by atoms with Crippen LogP contribution in [-0.2, 0) is 19.4 Å². The second-order valence-electron chi connectivity index (χ2n) is 6.50. The van der Waals surface area contributed by atoms with E-state index < -0.39 is 0 Å². The predicted octanol–water partition coefficient (Wildman–Crippen LogP) is 4.14. The minimum atomic E-state index is 0. The standard InChI is InChI=1S/C21H27N3O3.HI/c1-25-18-12-20(27-3)19(26-2)11-15(18)13-23-21(22)24-17-10-6-8-14-7-4-5-9-16(14)17;/h6,8,10-12H,4-5,7,9,13H2,1-3H3,(H3,22,23,24);1H. The van der Waals surface area contributed by atoms with E-state index in [-0.39, 0.29) is 24.0 Å². The third-order valence-corrected chi connectivity index (χ3v) is 4.87. The van der Waals surface area contributed by atoms with Crippen molar-refractivity contribution in [1.29, 1.82) is 0 Å².